The Kier molecular flexibility index (Phi) is 10.6. The number of likely N-dealkylation sites (tertiary alicyclic amines) is 2. The molecule has 2 saturated heterocycles. The van der Waals surface area contributed by atoms with Crippen molar-refractivity contribution < 1.29 is 14.3 Å². The molecule has 0 N–H and O–H groups in total. The van der Waals surface area contributed by atoms with Gasteiger partial charge >= 0.3 is 6.03 Å². The highest BCUT2D eigenvalue weighted by Gasteiger charge is 2.25. The fourth-order valence-electron chi connectivity index (χ4n) is 4.01. The molecule has 0 radical (unpaired) electrons. The Labute approximate surface area is 187 Å². The van der Waals surface area contributed by atoms with Crippen LogP contribution in [0.4, 0.5) is 4.79 Å². The van der Waals surface area contributed by atoms with Gasteiger partial charge in [0.15, 0.2) is 0 Å². The van der Waals surface area contributed by atoms with E-state index >= 15 is 0 Å². The molecule has 0 aliphatic carbocycles. The molecule has 1 aromatic carbocycles. The van der Waals surface area contributed by atoms with E-state index in [9.17, 15) is 4.79 Å². The van der Waals surface area contributed by atoms with Crippen LogP contribution in [-0.4, -0.2) is 79.8 Å². The molecule has 0 bridgehead atoms. The number of benzene rings is 1. The van der Waals surface area contributed by atoms with Gasteiger partial charge in [-0.05, 0) is 63.5 Å². The molecule has 0 atom stereocenters. The number of ether oxygens (including phenoxy) is 2. The van der Waals surface area contributed by atoms with Crippen LogP contribution in [0.3, 0.4) is 0 Å². The van der Waals surface area contributed by atoms with Gasteiger partial charge in [-0.1, -0.05) is 6.42 Å². The minimum atomic E-state index is 0. The van der Waals surface area contributed by atoms with Crippen LogP contribution in [0.2, 0.25) is 0 Å². The maximum absolute atomic E-state index is 12.2. The number of rotatable bonds is 8. The van der Waals surface area contributed by atoms with Crippen molar-refractivity contribution in [3.63, 3.8) is 0 Å². The van der Waals surface area contributed by atoms with E-state index in [2.05, 4.69) is 4.90 Å². The third-order valence-corrected chi connectivity index (χ3v) is 5.98. The van der Waals surface area contributed by atoms with Crippen LogP contribution >= 0.6 is 12.4 Å². The van der Waals surface area contributed by atoms with Crippen LogP contribution in [-0.2, 0) is 0 Å². The topological polar surface area (TPSA) is 45.3 Å². The molecule has 7 heteroatoms. The second kappa shape index (κ2) is 12.9. The van der Waals surface area contributed by atoms with Gasteiger partial charge in [-0.2, -0.15) is 0 Å². The molecule has 2 aliphatic heterocycles. The Morgan fingerprint density at radius 1 is 1.03 bits per heavy atom. The number of nitrogens with zero attached hydrogens (tertiary/aromatic N) is 3. The lowest BCUT2D eigenvalue weighted by molar-refractivity contribution is 0.0990. The summed E-state index contributed by atoms with van der Waals surface area (Å²) in [7, 11) is 1.85. The van der Waals surface area contributed by atoms with Crippen LogP contribution in [0.1, 0.15) is 45.4 Å². The van der Waals surface area contributed by atoms with Gasteiger partial charge in [-0.3, -0.25) is 0 Å². The largest absolute Gasteiger partial charge is 0.494 e. The van der Waals surface area contributed by atoms with Gasteiger partial charge in [0.2, 0.25) is 0 Å². The molecule has 2 amide bonds. The summed E-state index contributed by atoms with van der Waals surface area (Å²) in [5, 5.41) is 0. The maximum atomic E-state index is 12.2. The molecule has 6 nitrogen and oxygen atoms in total. The minimum Gasteiger partial charge on any atom is -0.494 e. The molecule has 2 fully saturated rings. The summed E-state index contributed by atoms with van der Waals surface area (Å²) < 4.78 is 12.0. The number of hydrogen-bond acceptors (Lipinski definition) is 4. The molecule has 0 saturated carbocycles. The SMILES string of the molecule is CCN(C)C(=O)N1CCC(Oc2ccc(OCCCN3CCCCC3)cc2)CC1.Cl. The van der Waals surface area contributed by atoms with Crippen molar-refractivity contribution in [3.05, 3.63) is 24.3 Å². The molecule has 1 aromatic rings. The third kappa shape index (κ3) is 7.55. The van der Waals surface area contributed by atoms with E-state index in [1.165, 1.54) is 32.4 Å². The summed E-state index contributed by atoms with van der Waals surface area (Å²) in [6, 6.07) is 8.08. The Morgan fingerprint density at radius 3 is 2.30 bits per heavy atom. The summed E-state index contributed by atoms with van der Waals surface area (Å²) in [5.74, 6) is 1.78. The molecular formula is C23H38ClN3O3. The number of amides is 2. The van der Waals surface area contributed by atoms with Gasteiger partial charge in [0.1, 0.15) is 17.6 Å². The quantitative estimate of drug-likeness (QED) is 0.567. The second-order valence-corrected chi connectivity index (χ2v) is 8.18. The fourth-order valence-corrected chi connectivity index (χ4v) is 4.01. The first-order chi connectivity index (χ1) is 14.2. The molecule has 2 heterocycles. The standard InChI is InChI=1S/C23H37N3O3.ClH/c1-3-24(2)23(27)26-17-12-22(13-18-26)29-21-10-8-20(9-11-21)28-19-7-16-25-14-5-4-6-15-25;/h8-11,22H,3-7,12-19H2,1-2H3;1H. The first-order valence-electron chi connectivity index (χ1n) is 11.3. The summed E-state index contributed by atoms with van der Waals surface area (Å²) in [6.07, 6.45) is 7.05. The summed E-state index contributed by atoms with van der Waals surface area (Å²) >= 11 is 0. The zero-order valence-electron chi connectivity index (χ0n) is 18.6. The average molecular weight is 440 g/mol. The highest BCUT2D eigenvalue weighted by Crippen LogP contribution is 2.22. The zero-order valence-corrected chi connectivity index (χ0v) is 19.4. The van der Waals surface area contributed by atoms with Crippen molar-refractivity contribution in [1.29, 1.82) is 0 Å². The molecule has 30 heavy (non-hydrogen) atoms. The zero-order chi connectivity index (χ0) is 20.5. The van der Waals surface area contributed by atoms with E-state index in [-0.39, 0.29) is 24.5 Å². The lowest BCUT2D eigenvalue weighted by atomic mass is 10.1. The van der Waals surface area contributed by atoms with E-state index in [1.54, 1.807) is 4.90 Å². The van der Waals surface area contributed by atoms with Gasteiger partial charge in [-0.15, -0.1) is 12.4 Å². The Morgan fingerprint density at radius 2 is 1.67 bits per heavy atom. The van der Waals surface area contributed by atoms with Crippen molar-refractivity contribution in [2.45, 2.75) is 51.6 Å². The van der Waals surface area contributed by atoms with Crippen molar-refractivity contribution in [1.82, 2.24) is 14.7 Å². The third-order valence-electron chi connectivity index (χ3n) is 5.98. The van der Waals surface area contributed by atoms with Crippen LogP contribution in [0.25, 0.3) is 0 Å². The first kappa shape index (κ1) is 24.6. The minimum absolute atomic E-state index is 0. The Balaban J connectivity index is 0.00000320. The summed E-state index contributed by atoms with van der Waals surface area (Å²) in [5.41, 5.74) is 0. The van der Waals surface area contributed by atoms with E-state index < -0.39 is 0 Å². The van der Waals surface area contributed by atoms with Crippen LogP contribution in [0.15, 0.2) is 24.3 Å². The summed E-state index contributed by atoms with van der Waals surface area (Å²) in [6.45, 7) is 8.63. The maximum Gasteiger partial charge on any atom is 0.319 e. The van der Waals surface area contributed by atoms with Gasteiger partial charge in [-0.25, -0.2) is 4.79 Å². The molecule has 0 unspecified atom stereocenters. The van der Waals surface area contributed by atoms with Gasteiger partial charge in [0, 0.05) is 46.1 Å². The van der Waals surface area contributed by atoms with Crippen molar-refractivity contribution in [3.8, 4) is 11.5 Å². The van der Waals surface area contributed by atoms with Crippen molar-refractivity contribution in [2.24, 2.45) is 0 Å². The molecule has 3 rings (SSSR count). The lowest BCUT2D eigenvalue weighted by Gasteiger charge is -2.34. The Bertz CT molecular complexity index is 615. The molecule has 0 aromatic heterocycles. The normalized spacial score (nSPS) is 17.9. The average Bonchev–Trinajstić information content (AvgIpc) is 2.78. The number of carbonyl (C=O) groups is 1. The van der Waals surface area contributed by atoms with E-state index in [4.69, 9.17) is 9.47 Å². The number of urea groups is 1. The predicted octanol–water partition coefficient (Wildman–Crippen LogP) is 4.28. The molecular weight excluding hydrogens is 402 g/mol. The number of piperidine rings is 2. The molecule has 2 aliphatic rings. The van der Waals surface area contributed by atoms with Gasteiger partial charge < -0.3 is 24.2 Å². The highest BCUT2D eigenvalue weighted by molar-refractivity contribution is 5.85. The monoisotopic (exact) mass is 439 g/mol. The van der Waals surface area contributed by atoms with Crippen LogP contribution in [0, 0.1) is 0 Å². The molecule has 0 spiro atoms. The lowest BCUT2D eigenvalue weighted by Crippen LogP contribution is -2.47. The number of carbonyl (C=O) groups excluding carboxylic acids is 1. The fraction of sp³-hybridized carbons (Fsp3) is 0.696. The summed E-state index contributed by atoms with van der Waals surface area (Å²) in [4.78, 5) is 18.4. The predicted molar refractivity (Wildman–Crippen MR) is 123 cm³/mol. The van der Waals surface area contributed by atoms with E-state index in [1.807, 2.05) is 43.1 Å². The van der Waals surface area contributed by atoms with Crippen LogP contribution < -0.4 is 9.47 Å². The van der Waals surface area contributed by atoms with Crippen molar-refractivity contribution in [2.75, 3.05) is 52.9 Å². The van der Waals surface area contributed by atoms with E-state index in [0.29, 0.717) is 0 Å². The van der Waals surface area contributed by atoms with E-state index in [0.717, 1.165) is 63.5 Å². The van der Waals surface area contributed by atoms with Gasteiger partial charge in [0.05, 0.1) is 6.61 Å². The molecule has 170 valence electrons. The Hall–Kier alpha value is -1.66. The highest BCUT2D eigenvalue weighted by atomic mass is 35.5. The van der Waals surface area contributed by atoms with Crippen LogP contribution in [0.5, 0.6) is 11.5 Å². The first-order valence-corrected chi connectivity index (χ1v) is 11.3. The second-order valence-electron chi connectivity index (χ2n) is 8.18. The number of halogens is 1. The smallest absolute Gasteiger partial charge is 0.319 e. The van der Waals surface area contributed by atoms with Gasteiger partial charge in [0.25, 0.3) is 0 Å². The van der Waals surface area contributed by atoms with Crippen molar-refractivity contribution >= 4 is 18.4 Å². The number of hydrogen-bond donors (Lipinski definition) is 0.